The van der Waals surface area contributed by atoms with Gasteiger partial charge in [0.1, 0.15) is 5.82 Å². The van der Waals surface area contributed by atoms with Gasteiger partial charge in [-0.15, -0.1) is 0 Å². The first-order valence-corrected chi connectivity index (χ1v) is 9.08. The quantitative estimate of drug-likeness (QED) is 0.928. The van der Waals surface area contributed by atoms with Gasteiger partial charge in [0.05, 0.1) is 12.3 Å². The average Bonchev–Trinajstić information content (AvgIpc) is 3.10. The number of anilines is 1. The predicted octanol–water partition coefficient (Wildman–Crippen LogP) is 2.87. The van der Waals surface area contributed by atoms with Gasteiger partial charge < -0.3 is 10.2 Å². The van der Waals surface area contributed by atoms with Gasteiger partial charge in [-0.1, -0.05) is 6.07 Å². The molecular weight excluding hydrogens is 322 g/mol. The van der Waals surface area contributed by atoms with Crippen LogP contribution in [0.3, 0.4) is 0 Å². The molecule has 0 spiro atoms. The largest absolute Gasteiger partial charge is 0.342 e. The van der Waals surface area contributed by atoms with Crippen LogP contribution in [-0.2, 0) is 16.0 Å². The molecule has 0 aromatic carbocycles. The summed E-state index contributed by atoms with van der Waals surface area (Å²) in [5, 5.41) is 6.83. The second-order valence-corrected chi connectivity index (χ2v) is 6.98. The maximum atomic E-state index is 12.5. The first kappa shape index (κ1) is 16.6. The fourth-order valence-corrected chi connectivity index (χ4v) is 3.54. The second-order valence-electron chi connectivity index (χ2n) is 6.20. The zero-order chi connectivity index (χ0) is 16.9. The summed E-state index contributed by atoms with van der Waals surface area (Å²) in [7, 11) is 0. The van der Waals surface area contributed by atoms with E-state index >= 15 is 0 Å². The van der Waals surface area contributed by atoms with Crippen molar-refractivity contribution in [1.29, 1.82) is 0 Å². The highest BCUT2D eigenvalue weighted by molar-refractivity contribution is 7.08. The molecule has 3 rings (SSSR count). The number of hydrogen-bond donors (Lipinski definition) is 1. The smallest absolute Gasteiger partial charge is 0.230 e. The summed E-state index contributed by atoms with van der Waals surface area (Å²) in [6.45, 7) is 3.17. The van der Waals surface area contributed by atoms with Crippen molar-refractivity contribution in [1.82, 2.24) is 9.88 Å². The molecule has 0 saturated carbocycles. The zero-order valence-corrected chi connectivity index (χ0v) is 14.5. The van der Waals surface area contributed by atoms with Crippen molar-refractivity contribution >= 4 is 29.0 Å². The summed E-state index contributed by atoms with van der Waals surface area (Å²) >= 11 is 1.59. The van der Waals surface area contributed by atoms with Gasteiger partial charge in [0.25, 0.3) is 0 Å². The van der Waals surface area contributed by atoms with Crippen LogP contribution in [0.5, 0.6) is 0 Å². The van der Waals surface area contributed by atoms with E-state index in [0.717, 1.165) is 30.5 Å². The molecule has 0 radical (unpaired) electrons. The number of carbonyl (C=O) groups is 2. The van der Waals surface area contributed by atoms with Crippen LogP contribution in [0.4, 0.5) is 5.82 Å². The van der Waals surface area contributed by atoms with Crippen LogP contribution in [0.2, 0.25) is 0 Å². The number of rotatable bonds is 4. The summed E-state index contributed by atoms with van der Waals surface area (Å²) in [6.07, 6.45) is 3.80. The minimum atomic E-state index is -0.173. The van der Waals surface area contributed by atoms with Crippen LogP contribution < -0.4 is 5.32 Å². The number of aromatic nitrogens is 1. The van der Waals surface area contributed by atoms with Gasteiger partial charge in [-0.05, 0) is 53.8 Å². The number of piperidine rings is 1. The van der Waals surface area contributed by atoms with Crippen LogP contribution >= 0.6 is 11.3 Å². The van der Waals surface area contributed by atoms with Crippen LogP contribution in [0, 0.1) is 12.8 Å². The molecule has 3 heterocycles. The van der Waals surface area contributed by atoms with Crippen LogP contribution in [0.1, 0.15) is 24.0 Å². The molecule has 2 amide bonds. The van der Waals surface area contributed by atoms with Gasteiger partial charge in [0.15, 0.2) is 0 Å². The zero-order valence-electron chi connectivity index (χ0n) is 13.7. The van der Waals surface area contributed by atoms with E-state index in [4.69, 9.17) is 0 Å². The molecular formula is C18H21N3O2S. The first-order chi connectivity index (χ1) is 11.6. The number of amides is 2. The van der Waals surface area contributed by atoms with Crippen molar-refractivity contribution in [3.63, 3.8) is 0 Å². The van der Waals surface area contributed by atoms with Gasteiger partial charge in [0, 0.05) is 19.3 Å². The molecule has 0 aliphatic carbocycles. The predicted molar refractivity (Wildman–Crippen MR) is 94.9 cm³/mol. The maximum absolute atomic E-state index is 12.5. The number of thiophene rings is 1. The van der Waals surface area contributed by atoms with Gasteiger partial charge >= 0.3 is 0 Å². The third-order valence-electron chi connectivity index (χ3n) is 4.24. The normalized spacial score (nSPS) is 17.5. The number of nitrogens with zero attached hydrogens (tertiary/aromatic N) is 2. The molecule has 126 valence electrons. The highest BCUT2D eigenvalue weighted by atomic mass is 32.1. The van der Waals surface area contributed by atoms with Crippen molar-refractivity contribution in [2.24, 2.45) is 5.92 Å². The SMILES string of the molecule is Cc1ccc(NC(=O)[C@@H]2CCCN(C(=O)Cc3ccsc3)C2)nc1. The van der Waals surface area contributed by atoms with E-state index in [-0.39, 0.29) is 17.7 Å². The first-order valence-electron chi connectivity index (χ1n) is 8.14. The van der Waals surface area contributed by atoms with Crippen molar-refractivity contribution < 1.29 is 9.59 Å². The van der Waals surface area contributed by atoms with Crippen molar-refractivity contribution in [3.8, 4) is 0 Å². The Hall–Kier alpha value is -2.21. The van der Waals surface area contributed by atoms with Crippen LogP contribution in [0.25, 0.3) is 0 Å². The third-order valence-corrected chi connectivity index (χ3v) is 4.98. The number of hydrogen-bond acceptors (Lipinski definition) is 4. The fraction of sp³-hybridized carbons (Fsp3) is 0.389. The summed E-state index contributed by atoms with van der Waals surface area (Å²) < 4.78 is 0. The Bertz CT molecular complexity index is 698. The van der Waals surface area contributed by atoms with Crippen molar-refractivity contribution in [3.05, 3.63) is 46.3 Å². The van der Waals surface area contributed by atoms with Crippen LogP contribution in [-0.4, -0.2) is 34.8 Å². The molecule has 0 bridgehead atoms. The van der Waals surface area contributed by atoms with Crippen molar-refractivity contribution in [2.45, 2.75) is 26.2 Å². The Balaban J connectivity index is 1.57. The Morgan fingerprint density at radius 1 is 1.38 bits per heavy atom. The topological polar surface area (TPSA) is 62.3 Å². The second kappa shape index (κ2) is 7.57. The highest BCUT2D eigenvalue weighted by Crippen LogP contribution is 2.20. The summed E-state index contributed by atoms with van der Waals surface area (Å²) in [4.78, 5) is 30.9. The van der Waals surface area contributed by atoms with Gasteiger partial charge in [-0.25, -0.2) is 4.98 Å². The maximum Gasteiger partial charge on any atom is 0.230 e. The minimum absolute atomic E-state index is 0.0561. The number of nitrogens with one attached hydrogen (secondary N) is 1. The number of carbonyl (C=O) groups excluding carboxylic acids is 2. The molecule has 1 N–H and O–H groups in total. The van der Waals surface area contributed by atoms with Gasteiger partial charge in [0.2, 0.25) is 11.8 Å². The van der Waals surface area contributed by atoms with E-state index in [2.05, 4.69) is 10.3 Å². The Labute approximate surface area is 145 Å². The lowest BCUT2D eigenvalue weighted by Crippen LogP contribution is -2.44. The minimum Gasteiger partial charge on any atom is -0.342 e. The third kappa shape index (κ3) is 4.20. The molecule has 1 aliphatic rings. The van der Waals surface area contributed by atoms with Gasteiger partial charge in [-0.2, -0.15) is 11.3 Å². The Morgan fingerprint density at radius 3 is 2.96 bits per heavy atom. The van der Waals surface area contributed by atoms with E-state index in [1.807, 2.05) is 34.7 Å². The van der Waals surface area contributed by atoms with E-state index in [0.29, 0.717) is 18.8 Å². The standard InChI is InChI=1S/C18H21N3O2S/c1-13-4-5-16(19-10-13)20-18(23)15-3-2-7-21(11-15)17(22)9-14-6-8-24-12-14/h4-6,8,10,12,15H,2-3,7,9,11H2,1H3,(H,19,20,23)/t15-/m1/s1. The van der Waals surface area contributed by atoms with Crippen molar-refractivity contribution in [2.75, 3.05) is 18.4 Å². The van der Waals surface area contributed by atoms with Gasteiger partial charge in [-0.3, -0.25) is 9.59 Å². The molecule has 2 aromatic rings. The summed E-state index contributed by atoms with van der Waals surface area (Å²) in [5.74, 6) is 0.430. The lowest BCUT2D eigenvalue weighted by Gasteiger charge is -2.32. The highest BCUT2D eigenvalue weighted by Gasteiger charge is 2.28. The number of likely N-dealkylation sites (tertiary alicyclic amines) is 1. The molecule has 0 unspecified atom stereocenters. The summed E-state index contributed by atoms with van der Waals surface area (Å²) in [5.41, 5.74) is 2.09. The lowest BCUT2D eigenvalue weighted by atomic mass is 9.96. The molecule has 1 aliphatic heterocycles. The molecule has 1 saturated heterocycles. The molecule has 1 fully saturated rings. The lowest BCUT2D eigenvalue weighted by molar-refractivity contribution is -0.133. The van der Waals surface area contributed by atoms with Crippen LogP contribution in [0.15, 0.2) is 35.2 Å². The van der Waals surface area contributed by atoms with E-state index < -0.39 is 0 Å². The number of aryl methyl sites for hydroxylation is 1. The molecule has 24 heavy (non-hydrogen) atoms. The summed E-state index contributed by atoms with van der Waals surface area (Å²) in [6, 6.07) is 5.69. The monoisotopic (exact) mass is 343 g/mol. The molecule has 2 aromatic heterocycles. The fourth-order valence-electron chi connectivity index (χ4n) is 2.87. The van der Waals surface area contributed by atoms with E-state index in [1.165, 1.54) is 0 Å². The average molecular weight is 343 g/mol. The Morgan fingerprint density at radius 2 is 2.25 bits per heavy atom. The number of pyridine rings is 1. The molecule has 5 nitrogen and oxygen atoms in total. The van der Waals surface area contributed by atoms with E-state index in [1.54, 1.807) is 23.6 Å². The molecule has 6 heteroatoms. The van der Waals surface area contributed by atoms with E-state index in [9.17, 15) is 9.59 Å². The molecule has 1 atom stereocenters. The Kier molecular flexibility index (Phi) is 5.25.